The molecule has 4 nitrogen and oxygen atoms in total. The molecule has 0 aromatic heterocycles. The first kappa shape index (κ1) is 15.5. The van der Waals surface area contributed by atoms with Gasteiger partial charge in [0.2, 0.25) is 11.8 Å². The number of amides is 2. The highest BCUT2D eigenvalue weighted by Crippen LogP contribution is 2.19. The smallest absolute Gasteiger partial charge is 0.226 e. The van der Waals surface area contributed by atoms with E-state index in [1.165, 1.54) is 5.56 Å². The molecule has 21 heavy (non-hydrogen) atoms. The Bertz CT molecular complexity index is 500. The minimum atomic E-state index is -0.244. The van der Waals surface area contributed by atoms with Crippen molar-refractivity contribution < 1.29 is 9.59 Å². The van der Waals surface area contributed by atoms with Gasteiger partial charge in [0.05, 0.1) is 6.42 Å². The molecule has 0 spiro atoms. The van der Waals surface area contributed by atoms with Crippen molar-refractivity contribution in [2.75, 3.05) is 13.1 Å². The molecule has 2 N–H and O–H groups in total. The second-order valence-corrected chi connectivity index (χ2v) is 6.13. The summed E-state index contributed by atoms with van der Waals surface area (Å²) >= 11 is 0. The van der Waals surface area contributed by atoms with Gasteiger partial charge in [-0.1, -0.05) is 38.1 Å². The number of nitrogens with two attached hydrogens (primary N) is 1. The molecule has 1 heterocycles. The van der Waals surface area contributed by atoms with E-state index in [-0.39, 0.29) is 17.7 Å². The molecular weight excluding hydrogens is 264 g/mol. The van der Waals surface area contributed by atoms with Crippen LogP contribution in [0.5, 0.6) is 0 Å². The van der Waals surface area contributed by atoms with Crippen molar-refractivity contribution in [3.63, 3.8) is 0 Å². The van der Waals surface area contributed by atoms with E-state index in [0.717, 1.165) is 5.56 Å². The molecule has 1 fully saturated rings. The van der Waals surface area contributed by atoms with E-state index in [2.05, 4.69) is 26.0 Å². The molecule has 1 aromatic carbocycles. The molecular formula is C17H24N2O2. The Morgan fingerprint density at radius 1 is 1.19 bits per heavy atom. The van der Waals surface area contributed by atoms with Crippen LogP contribution >= 0.6 is 0 Å². The maximum atomic E-state index is 12.3. The van der Waals surface area contributed by atoms with E-state index in [9.17, 15) is 9.59 Å². The van der Waals surface area contributed by atoms with Crippen LogP contribution < -0.4 is 5.73 Å². The van der Waals surface area contributed by atoms with E-state index >= 15 is 0 Å². The van der Waals surface area contributed by atoms with Crippen LogP contribution in [-0.4, -0.2) is 29.8 Å². The summed E-state index contributed by atoms with van der Waals surface area (Å²) in [6.07, 6.45) is 1.81. The standard InChI is InChI=1S/C17H24N2O2/c1-12(2)14-5-3-13(4-6-14)11-16(20)19-9-7-15(8-10-19)17(18)21/h3-6,12,15H,7-11H2,1-2H3,(H2,18,21). The lowest BCUT2D eigenvalue weighted by atomic mass is 9.95. The lowest BCUT2D eigenvalue weighted by molar-refractivity contribution is -0.134. The first-order valence-corrected chi connectivity index (χ1v) is 7.63. The van der Waals surface area contributed by atoms with Gasteiger partial charge in [-0.2, -0.15) is 0 Å². The summed E-state index contributed by atoms with van der Waals surface area (Å²) in [6.45, 7) is 5.58. The summed E-state index contributed by atoms with van der Waals surface area (Å²) in [4.78, 5) is 25.2. The Labute approximate surface area is 126 Å². The highest BCUT2D eigenvalue weighted by molar-refractivity contribution is 5.80. The van der Waals surface area contributed by atoms with Gasteiger partial charge >= 0.3 is 0 Å². The van der Waals surface area contributed by atoms with Crippen molar-refractivity contribution in [3.05, 3.63) is 35.4 Å². The highest BCUT2D eigenvalue weighted by Gasteiger charge is 2.25. The molecule has 2 amide bonds. The van der Waals surface area contributed by atoms with Crippen LogP contribution in [0.3, 0.4) is 0 Å². The van der Waals surface area contributed by atoms with Gasteiger partial charge in [-0.3, -0.25) is 9.59 Å². The van der Waals surface area contributed by atoms with Crippen LogP contribution in [0, 0.1) is 5.92 Å². The lowest BCUT2D eigenvalue weighted by Gasteiger charge is -2.30. The predicted octanol–water partition coefficient (Wildman–Crippen LogP) is 2.08. The Kier molecular flexibility index (Phi) is 4.99. The van der Waals surface area contributed by atoms with Gasteiger partial charge < -0.3 is 10.6 Å². The van der Waals surface area contributed by atoms with Crippen molar-refractivity contribution in [1.29, 1.82) is 0 Å². The quantitative estimate of drug-likeness (QED) is 0.922. The molecule has 4 heteroatoms. The normalized spacial score (nSPS) is 16.2. The van der Waals surface area contributed by atoms with Crippen LogP contribution in [-0.2, 0) is 16.0 Å². The van der Waals surface area contributed by atoms with Gasteiger partial charge in [0.25, 0.3) is 0 Å². The zero-order valence-electron chi connectivity index (χ0n) is 12.8. The van der Waals surface area contributed by atoms with E-state index < -0.39 is 0 Å². The summed E-state index contributed by atoms with van der Waals surface area (Å²) in [7, 11) is 0. The van der Waals surface area contributed by atoms with Crippen LogP contribution in [0.4, 0.5) is 0 Å². The fourth-order valence-electron chi connectivity index (χ4n) is 2.72. The monoisotopic (exact) mass is 288 g/mol. The van der Waals surface area contributed by atoms with E-state index in [4.69, 9.17) is 5.73 Å². The summed E-state index contributed by atoms with van der Waals surface area (Å²) < 4.78 is 0. The average Bonchev–Trinajstić information content (AvgIpc) is 2.47. The topological polar surface area (TPSA) is 63.4 Å². The number of carbonyl (C=O) groups excluding carboxylic acids is 2. The van der Waals surface area contributed by atoms with Crippen molar-refractivity contribution >= 4 is 11.8 Å². The maximum absolute atomic E-state index is 12.3. The largest absolute Gasteiger partial charge is 0.369 e. The molecule has 0 bridgehead atoms. The Morgan fingerprint density at radius 3 is 2.24 bits per heavy atom. The number of benzene rings is 1. The molecule has 114 valence electrons. The molecule has 0 unspecified atom stereocenters. The number of piperidine rings is 1. The van der Waals surface area contributed by atoms with Crippen LogP contribution in [0.2, 0.25) is 0 Å². The molecule has 1 saturated heterocycles. The molecule has 0 radical (unpaired) electrons. The third-order valence-electron chi connectivity index (χ3n) is 4.25. The SMILES string of the molecule is CC(C)c1ccc(CC(=O)N2CCC(C(N)=O)CC2)cc1. The summed E-state index contributed by atoms with van der Waals surface area (Å²) in [5.41, 5.74) is 7.64. The van der Waals surface area contributed by atoms with E-state index in [1.54, 1.807) is 0 Å². The molecule has 0 aliphatic carbocycles. The van der Waals surface area contributed by atoms with Gasteiger partial charge in [-0.25, -0.2) is 0 Å². The third kappa shape index (κ3) is 4.06. The fourth-order valence-corrected chi connectivity index (χ4v) is 2.72. The fraction of sp³-hybridized carbons (Fsp3) is 0.529. The minimum absolute atomic E-state index is 0.0700. The molecule has 0 saturated carbocycles. The Balaban J connectivity index is 1.88. The van der Waals surface area contributed by atoms with Crippen molar-refractivity contribution in [3.8, 4) is 0 Å². The first-order valence-electron chi connectivity index (χ1n) is 7.63. The zero-order chi connectivity index (χ0) is 15.4. The van der Waals surface area contributed by atoms with Crippen LogP contribution in [0.1, 0.15) is 43.7 Å². The lowest BCUT2D eigenvalue weighted by Crippen LogP contribution is -2.42. The molecule has 0 atom stereocenters. The number of hydrogen-bond donors (Lipinski definition) is 1. The molecule has 1 aliphatic heterocycles. The number of likely N-dealkylation sites (tertiary alicyclic amines) is 1. The van der Waals surface area contributed by atoms with Gasteiger partial charge in [-0.15, -0.1) is 0 Å². The number of carbonyl (C=O) groups is 2. The zero-order valence-corrected chi connectivity index (χ0v) is 12.8. The van der Waals surface area contributed by atoms with Gasteiger partial charge in [0.15, 0.2) is 0 Å². The number of primary amides is 1. The van der Waals surface area contributed by atoms with Crippen LogP contribution in [0.15, 0.2) is 24.3 Å². The van der Waals surface area contributed by atoms with E-state index in [1.807, 2.05) is 17.0 Å². The first-order chi connectivity index (χ1) is 9.97. The van der Waals surface area contributed by atoms with E-state index in [0.29, 0.717) is 38.3 Å². The van der Waals surface area contributed by atoms with Gasteiger partial charge in [-0.05, 0) is 29.9 Å². The Hall–Kier alpha value is -1.84. The summed E-state index contributed by atoms with van der Waals surface area (Å²) in [5, 5.41) is 0. The summed E-state index contributed by atoms with van der Waals surface area (Å²) in [5.74, 6) is 0.323. The second-order valence-electron chi connectivity index (χ2n) is 6.13. The van der Waals surface area contributed by atoms with Gasteiger partial charge in [0.1, 0.15) is 0 Å². The van der Waals surface area contributed by atoms with Gasteiger partial charge in [0, 0.05) is 19.0 Å². The predicted molar refractivity (Wildman–Crippen MR) is 82.7 cm³/mol. The molecule has 2 rings (SSSR count). The number of nitrogens with zero attached hydrogens (tertiary/aromatic N) is 1. The van der Waals surface area contributed by atoms with Crippen molar-refractivity contribution in [1.82, 2.24) is 4.90 Å². The Morgan fingerprint density at radius 2 is 1.76 bits per heavy atom. The molecule has 1 aromatic rings. The maximum Gasteiger partial charge on any atom is 0.226 e. The average molecular weight is 288 g/mol. The van der Waals surface area contributed by atoms with Crippen molar-refractivity contribution in [2.24, 2.45) is 11.7 Å². The number of rotatable bonds is 4. The van der Waals surface area contributed by atoms with Crippen molar-refractivity contribution in [2.45, 2.75) is 39.0 Å². The molecule has 1 aliphatic rings. The third-order valence-corrected chi connectivity index (χ3v) is 4.25. The summed E-state index contributed by atoms with van der Waals surface area (Å²) in [6, 6.07) is 8.24. The van der Waals surface area contributed by atoms with Crippen LogP contribution in [0.25, 0.3) is 0 Å². The highest BCUT2D eigenvalue weighted by atomic mass is 16.2. The minimum Gasteiger partial charge on any atom is -0.369 e. The second kappa shape index (κ2) is 6.74. The number of hydrogen-bond acceptors (Lipinski definition) is 2.